The van der Waals surface area contributed by atoms with Gasteiger partial charge < -0.3 is 0 Å². The van der Waals surface area contributed by atoms with Crippen LogP contribution >= 0.6 is 0 Å². The van der Waals surface area contributed by atoms with Crippen molar-refractivity contribution in [1.29, 1.82) is 0 Å². The molecule has 136 valence electrons. The third-order valence-corrected chi connectivity index (χ3v) is 18.8. The molecular formula is C25H26OSn. The Morgan fingerprint density at radius 1 is 0.741 bits per heavy atom. The fourth-order valence-electron chi connectivity index (χ4n) is 3.82. The van der Waals surface area contributed by atoms with Crippen molar-refractivity contribution in [3.63, 3.8) is 0 Å². The zero-order chi connectivity index (χ0) is 19.0. The van der Waals surface area contributed by atoms with Crippen LogP contribution in [0.4, 0.5) is 0 Å². The van der Waals surface area contributed by atoms with Crippen LogP contribution in [-0.2, 0) is 4.79 Å². The van der Waals surface area contributed by atoms with E-state index in [4.69, 9.17) is 0 Å². The number of rotatable bonds is 8. The van der Waals surface area contributed by atoms with Crippen molar-refractivity contribution in [3.05, 3.63) is 101 Å². The normalized spacial score (nSPS) is 12.0. The van der Waals surface area contributed by atoms with Gasteiger partial charge in [0, 0.05) is 0 Å². The van der Waals surface area contributed by atoms with Crippen LogP contribution in [0.1, 0.15) is 26.2 Å². The Balaban J connectivity index is 2.35. The van der Waals surface area contributed by atoms with Crippen LogP contribution in [0.15, 0.2) is 101 Å². The molecule has 0 unspecified atom stereocenters. The molecule has 0 saturated carbocycles. The molecule has 0 heterocycles. The van der Waals surface area contributed by atoms with Crippen molar-refractivity contribution >= 4 is 35.4 Å². The summed E-state index contributed by atoms with van der Waals surface area (Å²) in [5, 5.41) is 0. The SMILES string of the molecule is CCCC/C=[C](/C=O)[Sn]([c]1ccccc1)([c]1ccccc1)[c]1ccccc1. The van der Waals surface area contributed by atoms with Crippen molar-refractivity contribution < 1.29 is 4.79 Å². The number of carbonyl (C=O) groups is 1. The van der Waals surface area contributed by atoms with E-state index in [0.29, 0.717) is 0 Å². The topological polar surface area (TPSA) is 17.1 Å². The Morgan fingerprint density at radius 3 is 1.48 bits per heavy atom. The third-order valence-electron chi connectivity index (χ3n) is 5.10. The minimum absolute atomic E-state index is 0.954. The average Bonchev–Trinajstić information content (AvgIpc) is 2.75. The maximum atomic E-state index is 12.5. The second-order valence-corrected chi connectivity index (χ2v) is 17.6. The molecule has 3 rings (SSSR count). The van der Waals surface area contributed by atoms with Crippen LogP contribution in [0.3, 0.4) is 0 Å². The van der Waals surface area contributed by atoms with Gasteiger partial charge in [-0.1, -0.05) is 0 Å². The first kappa shape index (κ1) is 19.6. The Labute approximate surface area is 166 Å². The van der Waals surface area contributed by atoms with Gasteiger partial charge in [-0.25, -0.2) is 0 Å². The van der Waals surface area contributed by atoms with E-state index in [2.05, 4.69) is 104 Å². The third kappa shape index (κ3) is 4.08. The predicted molar refractivity (Wildman–Crippen MR) is 118 cm³/mol. The molecule has 0 amide bonds. The molecule has 27 heavy (non-hydrogen) atoms. The standard InChI is InChI=1S/C7H11O.3C6H5.Sn/c1-2-3-4-5-6-7-8;3*1-2-4-6-5-3-1;/h5,7H,2-4H2,1H3;3*1-5H;. The fourth-order valence-corrected chi connectivity index (χ4v) is 17.2. The van der Waals surface area contributed by atoms with E-state index in [9.17, 15) is 4.79 Å². The number of benzene rings is 3. The van der Waals surface area contributed by atoms with Gasteiger partial charge in [0.1, 0.15) is 0 Å². The van der Waals surface area contributed by atoms with E-state index in [0.717, 1.165) is 29.1 Å². The van der Waals surface area contributed by atoms with Gasteiger partial charge >= 0.3 is 167 Å². The molecule has 0 aliphatic rings. The first-order valence-electron chi connectivity index (χ1n) is 9.66. The summed E-state index contributed by atoms with van der Waals surface area (Å²) in [5.41, 5.74) is 0. The molecule has 0 aliphatic heterocycles. The molecule has 3 aromatic rings. The second kappa shape index (κ2) is 9.70. The zero-order valence-corrected chi connectivity index (χ0v) is 18.7. The first-order valence-corrected chi connectivity index (χ1v) is 15.4. The molecule has 0 N–H and O–H groups in total. The van der Waals surface area contributed by atoms with Gasteiger partial charge in [-0.15, -0.1) is 0 Å². The van der Waals surface area contributed by atoms with E-state index < -0.39 is 18.4 Å². The number of unbranched alkanes of at least 4 members (excludes halogenated alkanes) is 2. The van der Waals surface area contributed by atoms with Gasteiger partial charge in [0.15, 0.2) is 0 Å². The summed E-state index contributed by atoms with van der Waals surface area (Å²) in [6.45, 7) is 2.19. The van der Waals surface area contributed by atoms with Gasteiger partial charge in [0.2, 0.25) is 0 Å². The van der Waals surface area contributed by atoms with E-state index >= 15 is 0 Å². The quantitative estimate of drug-likeness (QED) is 0.215. The Kier molecular flexibility index (Phi) is 7.05. The minimum atomic E-state index is -3.63. The fraction of sp³-hybridized carbons (Fsp3) is 0.160. The number of carbonyl (C=O) groups excluding carboxylic acids is 1. The maximum absolute atomic E-state index is 12.5. The number of aldehydes is 1. The molecular weight excluding hydrogens is 435 g/mol. The average molecular weight is 461 g/mol. The Bertz CT molecular complexity index is 773. The summed E-state index contributed by atoms with van der Waals surface area (Å²) in [6, 6.07) is 32.0. The van der Waals surface area contributed by atoms with E-state index in [1.165, 1.54) is 10.7 Å². The van der Waals surface area contributed by atoms with Crippen molar-refractivity contribution in [2.24, 2.45) is 0 Å². The molecule has 0 aromatic heterocycles. The van der Waals surface area contributed by atoms with Crippen LogP contribution in [0.2, 0.25) is 0 Å². The molecule has 1 nitrogen and oxygen atoms in total. The van der Waals surface area contributed by atoms with Gasteiger partial charge in [0.25, 0.3) is 0 Å². The van der Waals surface area contributed by atoms with E-state index in [1.54, 1.807) is 0 Å². The van der Waals surface area contributed by atoms with Gasteiger partial charge in [0.05, 0.1) is 0 Å². The number of hydrogen-bond donors (Lipinski definition) is 0. The van der Waals surface area contributed by atoms with Crippen molar-refractivity contribution in [1.82, 2.24) is 0 Å². The second-order valence-electron chi connectivity index (χ2n) is 6.77. The molecule has 0 fully saturated rings. The van der Waals surface area contributed by atoms with Crippen LogP contribution in [0.5, 0.6) is 0 Å². The van der Waals surface area contributed by atoms with Crippen LogP contribution in [0.25, 0.3) is 0 Å². The molecule has 2 heteroatoms. The molecule has 0 saturated heterocycles. The number of hydrogen-bond acceptors (Lipinski definition) is 1. The Morgan fingerprint density at radius 2 is 1.15 bits per heavy atom. The summed E-state index contributed by atoms with van der Waals surface area (Å²) in [6.07, 6.45) is 6.55. The van der Waals surface area contributed by atoms with Crippen molar-refractivity contribution in [2.75, 3.05) is 0 Å². The monoisotopic (exact) mass is 462 g/mol. The Hall–Kier alpha value is -2.13. The summed E-state index contributed by atoms with van der Waals surface area (Å²) in [4.78, 5) is 12.5. The van der Waals surface area contributed by atoms with Crippen molar-refractivity contribution in [3.8, 4) is 0 Å². The molecule has 0 bridgehead atoms. The summed E-state index contributed by atoms with van der Waals surface area (Å²) >= 11 is -3.63. The summed E-state index contributed by atoms with van der Waals surface area (Å²) < 4.78 is 4.97. The van der Waals surface area contributed by atoms with E-state index in [-0.39, 0.29) is 0 Å². The summed E-state index contributed by atoms with van der Waals surface area (Å²) in [5.74, 6) is 0. The molecule has 3 aromatic carbocycles. The molecule has 0 spiro atoms. The van der Waals surface area contributed by atoms with Crippen LogP contribution < -0.4 is 10.7 Å². The van der Waals surface area contributed by atoms with Crippen LogP contribution in [-0.4, -0.2) is 24.7 Å². The summed E-state index contributed by atoms with van der Waals surface area (Å²) in [7, 11) is 0. The van der Waals surface area contributed by atoms with Crippen molar-refractivity contribution in [2.45, 2.75) is 26.2 Å². The van der Waals surface area contributed by atoms with Gasteiger partial charge in [-0.2, -0.15) is 0 Å². The van der Waals surface area contributed by atoms with Gasteiger partial charge in [-0.3, -0.25) is 0 Å². The predicted octanol–water partition coefficient (Wildman–Crippen LogP) is 4.01. The first-order chi connectivity index (χ1) is 13.3. The zero-order valence-electron chi connectivity index (χ0n) is 15.8. The van der Waals surface area contributed by atoms with E-state index in [1.807, 2.05) is 0 Å². The molecule has 0 radical (unpaired) electrons. The van der Waals surface area contributed by atoms with Crippen LogP contribution in [0, 0.1) is 0 Å². The van der Waals surface area contributed by atoms with Gasteiger partial charge in [-0.05, 0) is 0 Å². The molecule has 0 aliphatic carbocycles. The molecule has 0 atom stereocenters. The number of allylic oxidation sites excluding steroid dienone is 2.